The zero-order valence-corrected chi connectivity index (χ0v) is 10.3. The van der Waals surface area contributed by atoms with E-state index in [0.717, 1.165) is 0 Å². The van der Waals surface area contributed by atoms with E-state index in [4.69, 9.17) is 15.7 Å². The summed E-state index contributed by atoms with van der Waals surface area (Å²) in [5, 5.41) is 8.53. The molecule has 16 heavy (non-hydrogen) atoms. The third kappa shape index (κ3) is 5.69. The molecule has 0 aromatic carbocycles. The van der Waals surface area contributed by atoms with E-state index in [1.54, 1.807) is 4.90 Å². The lowest BCUT2D eigenvalue weighted by molar-refractivity contribution is -0.134. The quantitative estimate of drug-likeness (QED) is 0.681. The zero-order chi connectivity index (χ0) is 12.6. The van der Waals surface area contributed by atoms with E-state index in [1.165, 1.54) is 7.11 Å². The molecule has 1 unspecified atom stereocenters. The molecule has 0 saturated heterocycles. The van der Waals surface area contributed by atoms with Crippen molar-refractivity contribution < 1.29 is 9.53 Å². The second kappa shape index (κ2) is 8.08. The molecule has 0 saturated carbocycles. The van der Waals surface area contributed by atoms with Gasteiger partial charge in [-0.1, -0.05) is 13.8 Å². The molecule has 0 aliphatic rings. The van der Waals surface area contributed by atoms with Gasteiger partial charge in [0.2, 0.25) is 5.91 Å². The fraction of sp³-hybridized carbons (Fsp3) is 0.818. The molecule has 0 bridgehead atoms. The van der Waals surface area contributed by atoms with E-state index in [0.29, 0.717) is 25.4 Å². The summed E-state index contributed by atoms with van der Waals surface area (Å²) in [4.78, 5) is 13.5. The van der Waals surface area contributed by atoms with Crippen LogP contribution in [0.1, 0.15) is 20.3 Å². The van der Waals surface area contributed by atoms with Crippen molar-refractivity contribution >= 4 is 5.91 Å². The lowest BCUT2D eigenvalue weighted by Gasteiger charge is -2.26. The minimum absolute atomic E-state index is 0.147. The Kier molecular flexibility index (Phi) is 7.52. The fourth-order valence-electron chi connectivity index (χ4n) is 1.40. The highest BCUT2D eigenvalue weighted by atomic mass is 16.5. The molecular formula is C11H21N3O2. The van der Waals surface area contributed by atoms with E-state index < -0.39 is 6.04 Å². The van der Waals surface area contributed by atoms with Gasteiger partial charge in [-0.15, -0.1) is 0 Å². The molecule has 1 atom stereocenters. The average molecular weight is 227 g/mol. The second-order valence-corrected chi connectivity index (χ2v) is 4.15. The third-order valence-electron chi connectivity index (χ3n) is 2.05. The smallest absolute Gasteiger partial charge is 0.241 e. The summed E-state index contributed by atoms with van der Waals surface area (Å²) in [6.07, 6.45) is 0.332. The topological polar surface area (TPSA) is 79.3 Å². The highest BCUT2D eigenvalue weighted by Gasteiger charge is 2.21. The van der Waals surface area contributed by atoms with Gasteiger partial charge in [0.05, 0.1) is 19.1 Å². The highest BCUT2D eigenvalue weighted by molar-refractivity contribution is 5.81. The number of nitrogens with zero attached hydrogens (tertiary/aromatic N) is 2. The van der Waals surface area contributed by atoms with Crippen LogP contribution < -0.4 is 5.73 Å². The van der Waals surface area contributed by atoms with Crippen LogP contribution in [0.4, 0.5) is 0 Å². The Morgan fingerprint density at radius 2 is 2.19 bits per heavy atom. The van der Waals surface area contributed by atoms with Gasteiger partial charge >= 0.3 is 0 Å². The molecule has 0 radical (unpaired) electrons. The summed E-state index contributed by atoms with van der Waals surface area (Å²) >= 11 is 0. The zero-order valence-electron chi connectivity index (χ0n) is 10.3. The number of nitrogens with two attached hydrogens (primary N) is 1. The molecule has 92 valence electrons. The standard InChI is InChI=1S/C11H21N3O2/c1-9(2)7-14(6-4-5-12)11(15)10(13)8-16-3/h9-10H,4,6-8,13H2,1-3H3. The Labute approximate surface area is 97.2 Å². The van der Waals surface area contributed by atoms with Crippen LogP contribution >= 0.6 is 0 Å². The molecule has 5 nitrogen and oxygen atoms in total. The Balaban J connectivity index is 4.36. The number of methoxy groups -OCH3 is 1. The van der Waals surface area contributed by atoms with E-state index in [2.05, 4.69) is 0 Å². The number of hydrogen-bond acceptors (Lipinski definition) is 4. The molecule has 0 fully saturated rings. The van der Waals surface area contributed by atoms with Gasteiger partial charge in [0.1, 0.15) is 6.04 Å². The third-order valence-corrected chi connectivity index (χ3v) is 2.05. The molecule has 1 amide bonds. The van der Waals surface area contributed by atoms with Crippen molar-refractivity contribution in [2.24, 2.45) is 11.7 Å². The van der Waals surface area contributed by atoms with Crippen molar-refractivity contribution in [3.05, 3.63) is 0 Å². The predicted octanol–water partition coefficient (Wildman–Crippen LogP) is 0.358. The van der Waals surface area contributed by atoms with Gasteiger partial charge < -0.3 is 15.4 Å². The molecule has 2 N–H and O–H groups in total. The molecular weight excluding hydrogens is 206 g/mol. The summed E-state index contributed by atoms with van der Waals surface area (Å²) in [6.45, 7) is 5.31. The van der Waals surface area contributed by atoms with Crippen molar-refractivity contribution in [3.8, 4) is 6.07 Å². The van der Waals surface area contributed by atoms with Crippen LogP contribution in [0.5, 0.6) is 0 Å². The van der Waals surface area contributed by atoms with Crippen LogP contribution in [0.25, 0.3) is 0 Å². The molecule has 0 heterocycles. The molecule has 0 rings (SSSR count). The Bertz CT molecular complexity index is 248. The molecule has 0 aromatic heterocycles. The SMILES string of the molecule is COCC(N)C(=O)N(CCC#N)CC(C)C. The first-order chi connectivity index (χ1) is 7.52. The van der Waals surface area contributed by atoms with Crippen LogP contribution in [0.3, 0.4) is 0 Å². The monoisotopic (exact) mass is 227 g/mol. The molecule has 0 aliphatic heterocycles. The first kappa shape index (κ1) is 14.9. The first-order valence-electron chi connectivity index (χ1n) is 5.43. The van der Waals surface area contributed by atoms with E-state index in [1.807, 2.05) is 19.9 Å². The van der Waals surface area contributed by atoms with Crippen LogP contribution in [-0.2, 0) is 9.53 Å². The number of carbonyl (C=O) groups excluding carboxylic acids is 1. The van der Waals surface area contributed by atoms with E-state index >= 15 is 0 Å². The van der Waals surface area contributed by atoms with Crippen molar-refractivity contribution in [3.63, 3.8) is 0 Å². The number of ether oxygens (including phenoxy) is 1. The average Bonchev–Trinajstić information content (AvgIpc) is 2.23. The number of amides is 1. The maximum Gasteiger partial charge on any atom is 0.241 e. The largest absolute Gasteiger partial charge is 0.383 e. The molecule has 0 spiro atoms. The normalized spacial score (nSPS) is 12.2. The Hall–Kier alpha value is -1.12. The van der Waals surface area contributed by atoms with Gasteiger partial charge in [0.25, 0.3) is 0 Å². The number of nitriles is 1. The van der Waals surface area contributed by atoms with Gasteiger partial charge in [-0.3, -0.25) is 4.79 Å². The highest BCUT2D eigenvalue weighted by Crippen LogP contribution is 2.02. The van der Waals surface area contributed by atoms with Gasteiger partial charge in [0.15, 0.2) is 0 Å². The van der Waals surface area contributed by atoms with Gasteiger partial charge in [-0.05, 0) is 5.92 Å². The van der Waals surface area contributed by atoms with Crippen molar-refractivity contribution in [1.29, 1.82) is 5.26 Å². The number of rotatable bonds is 7. The lowest BCUT2D eigenvalue weighted by atomic mass is 10.1. The molecule has 5 heteroatoms. The van der Waals surface area contributed by atoms with Crippen LogP contribution in [0.2, 0.25) is 0 Å². The summed E-state index contributed by atoms with van der Waals surface area (Å²) in [7, 11) is 1.51. The van der Waals surface area contributed by atoms with Crippen LogP contribution in [0, 0.1) is 17.2 Å². The van der Waals surface area contributed by atoms with Gasteiger partial charge in [-0.25, -0.2) is 0 Å². The molecule has 0 aromatic rings. The predicted molar refractivity (Wildman–Crippen MR) is 61.5 cm³/mol. The van der Waals surface area contributed by atoms with E-state index in [9.17, 15) is 4.79 Å². The minimum atomic E-state index is -0.637. The lowest BCUT2D eigenvalue weighted by Crippen LogP contribution is -2.47. The van der Waals surface area contributed by atoms with E-state index in [-0.39, 0.29) is 12.5 Å². The van der Waals surface area contributed by atoms with Crippen molar-refractivity contribution in [2.45, 2.75) is 26.3 Å². The van der Waals surface area contributed by atoms with Gasteiger partial charge in [-0.2, -0.15) is 5.26 Å². The Morgan fingerprint density at radius 3 is 2.62 bits per heavy atom. The summed E-state index contributed by atoms with van der Waals surface area (Å²) < 4.78 is 4.85. The second-order valence-electron chi connectivity index (χ2n) is 4.15. The van der Waals surface area contributed by atoms with Gasteiger partial charge in [0, 0.05) is 20.2 Å². The van der Waals surface area contributed by atoms with Crippen molar-refractivity contribution in [1.82, 2.24) is 4.90 Å². The maximum absolute atomic E-state index is 11.9. The first-order valence-corrected chi connectivity index (χ1v) is 5.43. The Morgan fingerprint density at radius 1 is 1.56 bits per heavy atom. The van der Waals surface area contributed by atoms with Crippen LogP contribution in [-0.4, -0.2) is 43.7 Å². The summed E-state index contributed by atoms with van der Waals surface area (Å²) in [5.74, 6) is 0.211. The molecule has 0 aliphatic carbocycles. The summed E-state index contributed by atoms with van der Waals surface area (Å²) in [6, 6.07) is 1.39. The van der Waals surface area contributed by atoms with Crippen LogP contribution in [0.15, 0.2) is 0 Å². The number of hydrogen-bond donors (Lipinski definition) is 1. The maximum atomic E-state index is 11.9. The fourth-order valence-corrected chi connectivity index (χ4v) is 1.40. The minimum Gasteiger partial charge on any atom is -0.383 e. The number of carbonyl (C=O) groups is 1. The van der Waals surface area contributed by atoms with Crippen molar-refractivity contribution in [2.75, 3.05) is 26.8 Å². The summed E-state index contributed by atoms with van der Waals surface area (Å²) in [5.41, 5.74) is 5.68.